The molecule has 274 valence electrons. The molecule has 0 bridgehead atoms. The number of carbonyl (C=O) groups excluding carboxylic acids is 1. The summed E-state index contributed by atoms with van der Waals surface area (Å²) in [7, 11) is 0. The van der Waals surface area contributed by atoms with Gasteiger partial charge in [0.25, 0.3) is 0 Å². The van der Waals surface area contributed by atoms with Gasteiger partial charge in [-0.2, -0.15) is 5.10 Å². The van der Waals surface area contributed by atoms with Crippen LogP contribution in [0.4, 0.5) is 14.6 Å². The fraction of sp³-hybridized carbons (Fsp3) is 0.700. The third-order valence-corrected chi connectivity index (χ3v) is 14.1. The van der Waals surface area contributed by atoms with Crippen molar-refractivity contribution in [3.63, 3.8) is 0 Å². The average Bonchev–Trinajstić information content (AvgIpc) is 3.77. The smallest absolute Gasteiger partial charge is 0.248 e. The third-order valence-electron chi connectivity index (χ3n) is 14.1. The number of aromatic amines is 1. The molecule has 0 aromatic carbocycles. The van der Waals surface area contributed by atoms with Crippen LogP contribution in [0.3, 0.4) is 0 Å². The minimum absolute atomic E-state index is 0.0762. The van der Waals surface area contributed by atoms with Gasteiger partial charge in [-0.05, 0) is 111 Å². The van der Waals surface area contributed by atoms with Crippen LogP contribution in [0.1, 0.15) is 115 Å². The predicted molar refractivity (Wildman–Crippen MR) is 191 cm³/mol. The Morgan fingerprint density at radius 2 is 1.75 bits per heavy atom. The molecule has 9 nitrogen and oxygen atoms in total. The number of hydrogen-bond acceptors (Lipinski definition) is 7. The van der Waals surface area contributed by atoms with Crippen molar-refractivity contribution >= 4 is 11.7 Å². The Hall–Kier alpha value is -3.34. The normalized spacial score (nSPS) is 32.6. The number of H-pyrrole nitrogens is 1. The van der Waals surface area contributed by atoms with E-state index in [1.165, 1.54) is 25.6 Å². The molecule has 7 atom stereocenters. The van der Waals surface area contributed by atoms with E-state index in [4.69, 9.17) is 19.7 Å². The topological polar surface area (TPSA) is 110 Å². The Labute approximate surface area is 300 Å². The molecule has 8 rings (SSSR count). The molecule has 5 aliphatic rings. The number of amides is 1. The molecule has 4 fully saturated rings. The molecule has 4 heterocycles. The van der Waals surface area contributed by atoms with Crippen LogP contribution >= 0.6 is 0 Å². The SMILES string of the molecule is Cc1nc(-c2ncn[nH]2)ccc1-c1cnc2c(n1)N(CCCCCCO[C@H]1CC[C@H]3[C@@H]4CC[C@H]5CC(F)(F)CC[C@]5(C)[C@H]4CC[C@]13C)C(=O)CC2. The van der Waals surface area contributed by atoms with Crippen molar-refractivity contribution in [2.45, 2.75) is 129 Å². The van der Waals surface area contributed by atoms with E-state index in [0.717, 1.165) is 68.5 Å². The summed E-state index contributed by atoms with van der Waals surface area (Å²) >= 11 is 0. The highest BCUT2D eigenvalue weighted by Gasteiger charge is 2.62. The van der Waals surface area contributed by atoms with Crippen LogP contribution in [0.15, 0.2) is 24.7 Å². The molecule has 4 aliphatic carbocycles. The lowest BCUT2D eigenvalue weighted by molar-refractivity contribution is -0.169. The van der Waals surface area contributed by atoms with Crippen LogP contribution < -0.4 is 4.90 Å². The van der Waals surface area contributed by atoms with Crippen LogP contribution in [-0.2, 0) is 16.0 Å². The number of halogens is 2. The molecular weight excluding hydrogens is 648 g/mol. The first-order chi connectivity index (χ1) is 24.6. The Balaban J connectivity index is 0.820. The number of aromatic nitrogens is 6. The van der Waals surface area contributed by atoms with Gasteiger partial charge < -0.3 is 4.74 Å². The van der Waals surface area contributed by atoms with Crippen molar-refractivity contribution in [2.75, 3.05) is 18.1 Å². The Bertz CT molecular complexity index is 1740. The molecule has 0 radical (unpaired) electrons. The van der Waals surface area contributed by atoms with Crippen molar-refractivity contribution < 1.29 is 18.3 Å². The van der Waals surface area contributed by atoms with Gasteiger partial charge in [-0.25, -0.2) is 23.7 Å². The Kier molecular flexibility index (Phi) is 9.24. The maximum atomic E-state index is 14.3. The average molecular weight is 702 g/mol. The number of pyridine rings is 1. The number of hydrogen-bond donors (Lipinski definition) is 1. The van der Waals surface area contributed by atoms with Gasteiger partial charge >= 0.3 is 0 Å². The lowest BCUT2D eigenvalue weighted by Crippen LogP contribution is -2.55. The number of nitrogens with one attached hydrogen (secondary N) is 1. The largest absolute Gasteiger partial charge is 0.378 e. The number of rotatable bonds is 10. The van der Waals surface area contributed by atoms with Crippen molar-refractivity contribution in [1.29, 1.82) is 0 Å². The zero-order valence-electron chi connectivity index (χ0n) is 30.5. The number of ether oxygens (including phenoxy) is 1. The van der Waals surface area contributed by atoms with Gasteiger partial charge in [-0.15, -0.1) is 0 Å². The van der Waals surface area contributed by atoms with E-state index >= 15 is 0 Å². The minimum atomic E-state index is -2.46. The lowest BCUT2D eigenvalue weighted by Gasteiger charge is -2.61. The number of alkyl halides is 2. The van der Waals surface area contributed by atoms with Crippen LogP contribution in [0, 0.1) is 41.4 Å². The zero-order chi connectivity index (χ0) is 35.4. The van der Waals surface area contributed by atoms with Crippen LogP contribution in [0.2, 0.25) is 0 Å². The summed E-state index contributed by atoms with van der Waals surface area (Å²) in [5.41, 5.74) is 4.26. The van der Waals surface area contributed by atoms with E-state index in [1.54, 1.807) is 6.20 Å². The Morgan fingerprint density at radius 3 is 2.57 bits per heavy atom. The third kappa shape index (κ3) is 6.39. The second-order valence-electron chi connectivity index (χ2n) is 16.8. The molecule has 1 aliphatic heterocycles. The number of unbranched alkanes of at least 4 members (excludes halogenated alkanes) is 3. The summed E-state index contributed by atoms with van der Waals surface area (Å²) in [6, 6.07) is 3.86. The van der Waals surface area contributed by atoms with Gasteiger partial charge in [0.1, 0.15) is 12.0 Å². The number of aryl methyl sites for hydroxylation is 2. The first-order valence-corrected chi connectivity index (χ1v) is 19.6. The molecule has 3 aromatic heterocycles. The summed E-state index contributed by atoms with van der Waals surface area (Å²) in [5.74, 6) is 1.04. The van der Waals surface area contributed by atoms with E-state index < -0.39 is 5.92 Å². The second kappa shape index (κ2) is 13.6. The van der Waals surface area contributed by atoms with Crippen molar-refractivity contribution in [3.05, 3.63) is 36.0 Å². The molecule has 11 heteroatoms. The van der Waals surface area contributed by atoms with E-state index in [1.807, 2.05) is 24.0 Å². The fourth-order valence-corrected chi connectivity index (χ4v) is 11.3. The quantitative estimate of drug-likeness (QED) is 0.211. The zero-order valence-corrected chi connectivity index (χ0v) is 30.5. The summed E-state index contributed by atoms with van der Waals surface area (Å²) in [4.78, 5) is 33.5. The van der Waals surface area contributed by atoms with Gasteiger partial charge in [-0.3, -0.25) is 19.8 Å². The fourth-order valence-electron chi connectivity index (χ4n) is 11.3. The number of carbonyl (C=O) groups is 1. The summed E-state index contributed by atoms with van der Waals surface area (Å²) in [5, 5.41) is 6.77. The van der Waals surface area contributed by atoms with Gasteiger partial charge in [0, 0.05) is 50.1 Å². The van der Waals surface area contributed by atoms with Gasteiger partial charge in [-0.1, -0.05) is 26.7 Å². The monoisotopic (exact) mass is 701 g/mol. The maximum Gasteiger partial charge on any atom is 0.248 e. The molecule has 0 unspecified atom stereocenters. The standard InChI is InChI=1S/C40H53F2N7O2/c1-25-27(10-12-31(46-25)36-44-24-45-48-36)33-23-43-32-13-15-35(50)49(37(32)47-33)20-6-4-5-7-21-51-34-14-11-29-28-9-8-26-22-40(41,42)19-18-38(26,2)30(28)16-17-39(29,34)3/h10,12,23-24,26,28-30,34H,4-9,11,13-22H2,1-3H3,(H,44,45,48)/t26-,28-,29-,30-,34-,38-,39-/m0/s1. The van der Waals surface area contributed by atoms with Crippen molar-refractivity contribution in [2.24, 2.45) is 34.5 Å². The number of nitrogens with zero attached hydrogens (tertiary/aromatic N) is 6. The molecule has 3 aromatic rings. The van der Waals surface area contributed by atoms with Gasteiger partial charge in [0.15, 0.2) is 11.6 Å². The van der Waals surface area contributed by atoms with Crippen LogP contribution in [0.25, 0.3) is 22.8 Å². The van der Waals surface area contributed by atoms with Crippen LogP contribution in [-0.4, -0.2) is 61.2 Å². The van der Waals surface area contributed by atoms with Gasteiger partial charge in [0.05, 0.1) is 23.7 Å². The second-order valence-corrected chi connectivity index (χ2v) is 16.8. The summed E-state index contributed by atoms with van der Waals surface area (Å²) in [6.07, 6.45) is 16.3. The van der Waals surface area contributed by atoms with Crippen molar-refractivity contribution in [1.82, 2.24) is 30.1 Å². The highest BCUT2D eigenvalue weighted by molar-refractivity contribution is 5.95. The van der Waals surface area contributed by atoms with E-state index in [2.05, 4.69) is 29.0 Å². The molecule has 4 saturated carbocycles. The van der Waals surface area contributed by atoms with E-state index in [0.29, 0.717) is 72.7 Å². The van der Waals surface area contributed by atoms with E-state index in [9.17, 15) is 13.6 Å². The minimum Gasteiger partial charge on any atom is -0.378 e. The van der Waals surface area contributed by atoms with Gasteiger partial charge in [0.2, 0.25) is 11.8 Å². The Morgan fingerprint density at radius 1 is 0.902 bits per heavy atom. The van der Waals surface area contributed by atoms with E-state index in [-0.39, 0.29) is 35.5 Å². The summed E-state index contributed by atoms with van der Waals surface area (Å²) in [6.45, 7) is 8.19. The molecule has 0 spiro atoms. The maximum absolute atomic E-state index is 14.3. The van der Waals surface area contributed by atoms with Crippen molar-refractivity contribution in [3.8, 4) is 22.8 Å². The number of fused-ring (bicyclic) bond motifs is 6. The predicted octanol–water partition coefficient (Wildman–Crippen LogP) is 8.53. The van der Waals surface area contributed by atoms with Crippen LogP contribution in [0.5, 0.6) is 0 Å². The first-order valence-electron chi connectivity index (χ1n) is 19.6. The highest BCUT2D eigenvalue weighted by Crippen LogP contribution is 2.67. The highest BCUT2D eigenvalue weighted by atomic mass is 19.3. The molecule has 1 N–H and O–H groups in total. The number of anilines is 1. The first kappa shape index (κ1) is 34.7. The summed E-state index contributed by atoms with van der Waals surface area (Å²) < 4.78 is 35.4. The molecule has 0 saturated heterocycles. The molecule has 51 heavy (non-hydrogen) atoms. The molecule has 1 amide bonds. The molecular formula is C40H53F2N7O2. The lowest BCUT2D eigenvalue weighted by atomic mass is 9.45.